The monoisotopic (exact) mass is 574 g/mol. The Morgan fingerprint density at radius 1 is 0.477 bits per heavy atom. The molecule has 44 heavy (non-hydrogen) atoms. The van der Waals surface area contributed by atoms with E-state index in [1.807, 2.05) is 0 Å². The van der Waals surface area contributed by atoms with Crippen LogP contribution in [0.5, 0.6) is 0 Å². The van der Waals surface area contributed by atoms with Gasteiger partial charge in [-0.1, -0.05) is 70.2 Å². The van der Waals surface area contributed by atoms with Crippen LogP contribution in [0.25, 0.3) is 45.3 Å². The van der Waals surface area contributed by atoms with Crippen molar-refractivity contribution < 1.29 is 0 Å². The van der Waals surface area contributed by atoms with E-state index in [4.69, 9.17) is 19.9 Å². The van der Waals surface area contributed by atoms with E-state index in [2.05, 4.69) is 113 Å². The lowest BCUT2D eigenvalue weighted by atomic mass is 9.48. The van der Waals surface area contributed by atoms with Crippen molar-refractivity contribution in [3.63, 3.8) is 0 Å². The van der Waals surface area contributed by atoms with Gasteiger partial charge in [-0.05, 0) is 114 Å². The van der Waals surface area contributed by atoms with Crippen molar-refractivity contribution in [2.24, 2.45) is 22.7 Å². The summed E-state index contributed by atoms with van der Waals surface area (Å²) in [6.45, 7) is 9.67. The summed E-state index contributed by atoms with van der Waals surface area (Å²) in [5, 5.41) is 0. The molecule has 5 aromatic rings. The predicted molar refractivity (Wildman–Crippen MR) is 176 cm³/mol. The van der Waals surface area contributed by atoms with Crippen LogP contribution in [0.15, 0.2) is 84.9 Å². The summed E-state index contributed by atoms with van der Waals surface area (Å²) >= 11 is 0. The molecule has 4 atom stereocenters. The molecular formula is C40H38N4. The molecule has 2 fully saturated rings. The molecule has 0 radical (unpaired) electrons. The molecule has 0 aliphatic heterocycles. The van der Waals surface area contributed by atoms with Gasteiger partial charge in [-0.25, -0.2) is 9.97 Å². The second-order valence-corrected chi connectivity index (χ2v) is 14.9. The number of hydrogen-bond donors (Lipinski definition) is 0. The fourth-order valence-electron chi connectivity index (χ4n) is 8.83. The van der Waals surface area contributed by atoms with Crippen molar-refractivity contribution in [2.75, 3.05) is 0 Å². The van der Waals surface area contributed by atoms with Gasteiger partial charge >= 0.3 is 0 Å². The standard InChI is InChI=1S/C40H38N4/c1-39(2)25-19-29(39)27-14-16-35(43-37(27)21-25)33-12-6-10-31(41-33)23-8-5-9-24(18-23)32-11-7-13-34(42-32)36-17-15-28-30-20-26(40(30,3)4)22-38(28)44-36/h5-18,25-26,29-30H,19-22H2,1-4H3/t25-,26-,29+,30+/m1/s1. The first kappa shape index (κ1) is 26.2. The maximum absolute atomic E-state index is 5.13. The third kappa shape index (κ3) is 3.82. The molecule has 218 valence electrons. The van der Waals surface area contributed by atoms with E-state index in [0.29, 0.717) is 22.7 Å². The van der Waals surface area contributed by atoms with Gasteiger partial charge in [0.25, 0.3) is 0 Å². The largest absolute Gasteiger partial charge is 0.251 e. The van der Waals surface area contributed by atoms with E-state index in [9.17, 15) is 0 Å². The molecule has 0 saturated heterocycles. The second kappa shape index (κ2) is 9.17. The van der Waals surface area contributed by atoms with Crippen molar-refractivity contribution in [3.05, 3.63) is 107 Å². The van der Waals surface area contributed by atoms with Crippen molar-refractivity contribution in [1.29, 1.82) is 0 Å². The summed E-state index contributed by atoms with van der Waals surface area (Å²) in [6, 6.07) is 30.1. The van der Waals surface area contributed by atoms with Crippen LogP contribution in [0, 0.1) is 22.7 Å². The lowest BCUT2D eigenvalue weighted by Gasteiger charge is -2.56. The summed E-state index contributed by atoms with van der Waals surface area (Å²) in [5.74, 6) is 2.79. The highest BCUT2D eigenvalue weighted by Gasteiger charge is 2.53. The van der Waals surface area contributed by atoms with Crippen LogP contribution in [-0.4, -0.2) is 19.9 Å². The van der Waals surface area contributed by atoms with Gasteiger partial charge in [0.15, 0.2) is 0 Å². The van der Waals surface area contributed by atoms with Crippen LogP contribution in [0.2, 0.25) is 0 Å². The minimum absolute atomic E-state index is 0.405. The van der Waals surface area contributed by atoms with Crippen LogP contribution < -0.4 is 0 Å². The zero-order valence-electron chi connectivity index (χ0n) is 26.0. The molecule has 11 rings (SSSR count). The molecule has 4 aromatic heterocycles. The van der Waals surface area contributed by atoms with E-state index < -0.39 is 0 Å². The normalized spacial score (nSPS) is 24.8. The predicted octanol–water partition coefficient (Wildman–Crippen LogP) is 9.31. The van der Waals surface area contributed by atoms with Gasteiger partial charge in [0.1, 0.15) is 0 Å². The van der Waals surface area contributed by atoms with Gasteiger partial charge in [0.05, 0.1) is 34.2 Å². The molecule has 4 heterocycles. The lowest BCUT2D eigenvalue weighted by Crippen LogP contribution is -2.48. The summed E-state index contributed by atoms with van der Waals surface area (Å²) in [4.78, 5) is 20.4. The Labute approximate surface area is 260 Å². The first-order valence-corrected chi connectivity index (χ1v) is 16.3. The Bertz CT molecular complexity index is 1830. The smallest absolute Gasteiger partial charge is 0.0893 e. The fourth-order valence-corrected chi connectivity index (χ4v) is 8.83. The Balaban J connectivity index is 1.00. The Morgan fingerprint density at radius 3 is 1.34 bits per heavy atom. The molecule has 4 nitrogen and oxygen atoms in total. The minimum atomic E-state index is 0.405. The van der Waals surface area contributed by atoms with Crippen molar-refractivity contribution in [1.82, 2.24) is 19.9 Å². The Morgan fingerprint density at radius 2 is 0.886 bits per heavy atom. The first-order valence-electron chi connectivity index (χ1n) is 16.3. The average molecular weight is 575 g/mol. The SMILES string of the molecule is CC1(C)[C@H]2Cc3nc(-c4cccc(-c5cccc(-c6cccc(-c7ccc8c(n7)C[C@H]7C[C@@H]8C7(C)C)n6)c5)n4)ccc3[C@@H]1C2. The highest BCUT2D eigenvalue weighted by atomic mass is 14.8. The van der Waals surface area contributed by atoms with E-state index in [1.54, 1.807) is 0 Å². The maximum atomic E-state index is 5.13. The molecule has 4 heteroatoms. The van der Waals surface area contributed by atoms with Gasteiger partial charge in [0, 0.05) is 22.5 Å². The van der Waals surface area contributed by atoms with Crippen LogP contribution in [-0.2, 0) is 12.8 Å². The molecule has 0 amide bonds. The fraction of sp³-hybridized carbons (Fsp3) is 0.350. The third-order valence-electron chi connectivity index (χ3n) is 12.1. The molecule has 6 aliphatic carbocycles. The molecule has 0 N–H and O–H groups in total. The van der Waals surface area contributed by atoms with Crippen LogP contribution in [0.1, 0.15) is 74.9 Å². The zero-order chi connectivity index (χ0) is 29.8. The Kier molecular flexibility index (Phi) is 5.47. The molecule has 4 bridgehead atoms. The molecule has 0 unspecified atom stereocenters. The van der Waals surface area contributed by atoms with Gasteiger partial charge in [-0.15, -0.1) is 0 Å². The summed E-state index contributed by atoms with van der Waals surface area (Å²) in [5.41, 5.74) is 14.1. The van der Waals surface area contributed by atoms with Crippen molar-refractivity contribution >= 4 is 0 Å². The molecule has 1 aromatic carbocycles. The minimum Gasteiger partial charge on any atom is -0.251 e. The third-order valence-corrected chi connectivity index (χ3v) is 12.1. The quantitative estimate of drug-likeness (QED) is 0.215. The van der Waals surface area contributed by atoms with E-state index in [0.717, 1.165) is 70.0 Å². The first-order chi connectivity index (χ1) is 21.3. The van der Waals surface area contributed by atoms with Gasteiger partial charge in [0.2, 0.25) is 0 Å². The highest BCUT2D eigenvalue weighted by Crippen LogP contribution is 2.62. The van der Waals surface area contributed by atoms with Crippen LogP contribution in [0.4, 0.5) is 0 Å². The van der Waals surface area contributed by atoms with Crippen LogP contribution in [0.3, 0.4) is 0 Å². The summed E-state index contributed by atoms with van der Waals surface area (Å²) < 4.78 is 0. The zero-order valence-corrected chi connectivity index (χ0v) is 26.0. The van der Waals surface area contributed by atoms with Gasteiger partial charge < -0.3 is 0 Å². The van der Waals surface area contributed by atoms with E-state index in [-0.39, 0.29) is 0 Å². The highest BCUT2D eigenvalue weighted by molar-refractivity contribution is 5.72. The molecular weight excluding hydrogens is 536 g/mol. The number of rotatable bonds is 4. The Hall–Kier alpha value is -4.18. The van der Waals surface area contributed by atoms with Crippen molar-refractivity contribution in [2.45, 2.75) is 65.2 Å². The maximum Gasteiger partial charge on any atom is 0.0893 e. The number of hydrogen-bond acceptors (Lipinski definition) is 4. The van der Waals surface area contributed by atoms with Gasteiger partial charge in [-0.3, -0.25) is 9.97 Å². The van der Waals surface area contributed by atoms with Crippen LogP contribution >= 0.6 is 0 Å². The van der Waals surface area contributed by atoms with E-state index in [1.165, 1.54) is 35.4 Å². The molecule has 2 saturated carbocycles. The number of benzene rings is 1. The van der Waals surface area contributed by atoms with E-state index >= 15 is 0 Å². The number of pyridine rings is 4. The second-order valence-electron chi connectivity index (χ2n) is 14.9. The van der Waals surface area contributed by atoms with Crippen molar-refractivity contribution in [3.8, 4) is 45.3 Å². The number of nitrogens with zero attached hydrogens (tertiary/aromatic N) is 4. The number of aromatic nitrogens is 4. The molecule has 6 aliphatic rings. The van der Waals surface area contributed by atoms with Gasteiger partial charge in [-0.2, -0.15) is 0 Å². The molecule has 0 spiro atoms. The lowest BCUT2D eigenvalue weighted by molar-refractivity contribution is 0.0170. The average Bonchev–Trinajstić information content (AvgIpc) is 3.07. The summed E-state index contributed by atoms with van der Waals surface area (Å²) in [6.07, 6.45) is 4.79. The summed E-state index contributed by atoms with van der Waals surface area (Å²) in [7, 11) is 0. The topological polar surface area (TPSA) is 51.6 Å².